The first-order valence-corrected chi connectivity index (χ1v) is 6.10. The monoisotopic (exact) mass is 280 g/mol. The van der Waals surface area contributed by atoms with E-state index in [2.05, 4.69) is 28.1 Å². The van der Waals surface area contributed by atoms with Crippen LogP contribution in [0.3, 0.4) is 0 Å². The number of fused-ring (bicyclic) bond motifs is 1. The molecule has 1 aliphatic rings. The van der Waals surface area contributed by atoms with E-state index in [1.165, 1.54) is 5.56 Å². The Hall–Kier alpha value is -1.09. The van der Waals surface area contributed by atoms with Crippen LogP contribution in [0.4, 0.5) is 0 Å². The summed E-state index contributed by atoms with van der Waals surface area (Å²) in [5.74, 6) is -1.19. The number of rotatable bonds is 2. The van der Waals surface area contributed by atoms with Gasteiger partial charge in [-0.2, -0.15) is 0 Å². The van der Waals surface area contributed by atoms with Gasteiger partial charge in [-0.3, -0.25) is 4.79 Å². The summed E-state index contributed by atoms with van der Waals surface area (Å²) < 4.78 is 1.05. The molecule has 2 rings (SSSR count). The van der Waals surface area contributed by atoms with Gasteiger partial charge in [0.15, 0.2) is 0 Å². The molecule has 1 N–H and O–H groups in total. The molecule has 0 aromatic heterocycles. The highest BCUT2D eigenvalue weighted by atomic mass is 79.9. The van der Waals surface area contributed by atoms with Gasteiger partial charge in [0.25, 0.3) is 0 Å². The van der Waals surface area contributed by atoms with Crippen molar-refractivity contribution in [2.45, 2.75) is 19.8 Å². The van der Waals surface area contributed by atoms with Crippen molar-refractivity contribution in [1.82, 2.24) is 0 Å². The number of carboxylic acid groups (broad SMARTS) is 1. The molecule has 0 bridgehead atoms. The van der Waals surface area contributed by atoms with Gasteiger partial charge in [0, 0.05) is 4.47 Å². The zero-order chi connectivity index (χ0) is 11.7. The molecule has 0 saturated heterocycles. The van der Waals surface area contributed by atoms with Crippen molar-refractivity contribution in [3.63, 3.8) is 0 Å². The van der Waals surface area contributed by atoms with Crippen molar-refractivity contribution in [3.05, 3.63) is 39.9 Å². The summed E-state index contributed by atoms with van der Waals surface area (Å²) in [7, 11) is 0. The topological polar surface area (TPSA) is 37.3 Å². The number of halogens is 1. The minimum Gasteiger partial charge on any atom is -0.481 e. The summed E-state index contributed by atoms with van der Waals surface area (Å²) in [4.78, 5) is 11.0. The molecule has 84 valence electrons. The van der Waals surface area contributed by atoms with Gasteiger partial charge in [-0.15, -0.1) is 0 Å². The van der Waals surface area contributed by atoms with Crippen LogP contribution in [-0.2, 0) is 11.2 Å². The van der Waals surface area contributed by atoms with Gasteiger partial charge in [0.2, 0.25) is 0 Å². The first kappa shape index (κ1) is 11.4. The van der Waals surface area contributed by atoms with Crippen LogP contribution in [0.25, 0.3) is 5.57 Å². The Morgan fingerprint density at radius 1 is 1.50 bits per heavy atom. The Labute approximate surface area is 103 Å². The molecule has 1 aliphatic carbocycles. The van der Waals surface area contributed by atoms with Gasteiger partial charge in [-0.05, 0) is 48.6 Å². The number of hydrogen-bond acceptors (Lipinski definition) is 1. The molecule has 0 saturated carbocycles. The van der Waals surface area contributed by atoms with E-state index in [0.717, 1.165) is 28.5 Å². The predicted octanol–water partition coefficient (Wildman–Crippen LogP) is 3.50. The van der Waals surface area contributed by atoms with E-state index in [9.17, 15) is 4.79 Å². The third-order valence-corrected chi connectivity index (χ3v) is 3.49. The Bertz CT molecular complexity index is 463. The Kier molecular flexibility index (Phi) is 3.15. The number of carboxylic acids is 1. The molecule has 2 nitrogen and oxygen atoms in total. The van der Waals surface area contributed by atoms with E-state index in [-0.39, 0.29) is 0 Å². The second-order valence-corrected chi connectivity index (χ2v) is 4.98. The van der Waals surface area contributed by atoms with Crippen molar-refractivity contribution in [2.24, 2.45) is 5.92 Å². The largest absolute Gasteiger partial charge is 0.481 e. The molecule has 16 heavy (non-hydrogen) atoms. The molecule has 0 spiro atoms. The fourth-order valence-electron chi connectivity index (χ4n) is 2.09. The van der Waals surface area contributed by atoms with Gasteiger partial charge in [-0.25, -0.2) is 0 Å². The van der Waals surface area contributed by atoms with Crippen LogP contribution >= 0.6 is 15.9 Å². The van der Waals surface area contributed by atoms with Gasteiger partial charge in [0.05, 0.1) is 5.92 Å². The quantitative estimate of drug-likeness (QED) is 0.900. The minimum atomic E-state index is -0.762. The van der Waals surface area contributed by atoms with E-state index in [0.29, 0.717) is 0 Å². The van der Waals surface area contributed by atoms with E-state index in [1.807, 2.05) is 12.1 Å². The van der Waals surface area contributed by atoms with Crippen molar-refractivity contribution in [3.8, 4) is 0 Å². The van der Waals surface area contributed by atoms with Crippen LogP contribution in [0.5, 0.6) is 0 Å². The highest BCUT2D eigenvalue weighted by Crippen LogP contribution is 2.33. The molecule has 0 amide bonds. The molecule has 1 atom stereocenters. The normalized spacial score (nSPS) is 16.2. The SMILES string of the molecule is CC(C(=O)O)C1=CCCc2cc(Br)ccc21. The summed E-state index contributed by atoms with van der Waals surface area (Å²) in [6.45, 7) is 1.74. The van der Waals surface area contributed by atoms with Crippen LogP contribution in [-0.4, -0.2) is 11.1 Å². The molecular formula is C13H13BrO2. The highest BCUT2D eigenvalue weighted by molar-refractivity contribution is 9.10. The maximum Gasteiger partial charge on any atom is 0.310 e. The molecule has 0 heterocycles. The highest BCUT2D eigenvalue weighted by Gasteiger charge is 2.22. The number of allylic oxidation sites excluding steroid dienone is 1. The van der Waals surface area contributed by atoms with E-state index in [4.69, 9.17) is 5.11 Å². The van der Waals surface area contributed by atoms with Crippen LogP contribution in [0.15, 0.2) is 28.7 Å². The fourth-order valence-corrected chi connectivity index (χ4v) is 2.50. The molecular weight excluding hydrogens is 268 g/mol. The standard InChI is InChI=1S/C13H13BrO2/c1-8(13(15)16)11-4-2-3-9-7-10(14)5-6-12(9)11/h4-8H,2-3H2,1H3,(H,15,16). The Morgan fingerprint density at radius 3 is 2.94 bits per heavy atom. The average molecular weight is 281 g/mol. The number of aliphatic carboxylic acids is 1. The van der Waals surface area contributed by atoms with E-state index < -0.39 is 11.9 Å². The van der Waals surface area contributed by atoms with Gasteiger partial charge < -0.3 is 5.11 Å². The Balaban J connectivity index is 2.44. The van der Waals surface area contributed by atoms with Crippen LogP contribution < -0.4 is 0 Å². The summed E-state index contributed by atoms with van der Waals surface area (Å²) in [6.07, 6.45) is 3.97. The lowest BCUT2D eigenvalue weighted by Crippen LogP contribution is -2.14. The maximum atomic E-state index is 11.0. The van der Waals surface area contributed by atoms with Gasteiger partial charge in [0.1, 0.15) is 0 Å². The lowest BCUT2D eigenvalue weighted by molar-refractivity contribution is -0.139. The summed E-state index contributed by atoms with van der Waals surface area (Å²) in [5.41, 5.74) is 3.27. The van der Waals surface area contributed by atoms with Crippen LogP contribution in [0.1, 0.15) is 24.5 Å². The molecule has 0 radical (unpaired) electrons. The maximum absolute atomic E-state index is 11.0. The number of carbonyl (C=O) groups is 1. The second kappa shape index (κ2) is 4.42. The number of benzene rings is 1. The lowest BCUT2D eigenvalue weighted by Gasteiger charge is -2.20. The predicted molar refractivity (Wildman–Crippen MR) is 67.2 cm³/mol. The summed E-state index contributed by atoms with van der Waals surface area (Å²) in [5, 5.41) is 9.06. The first-order chi connectivity index (χ1) is 7.59. The first-order valence-electron chi connectivity index (χ1n) is 5.31. The number of hydrogen-bond donors (Lipinski definition) is 1. The zero-order valence-electron chi connectivity index (χ0n) is 9.03. The van der Waals surface area contributed by atoms with Crippen molar-refractivity contribution < 1.29 is 9.90 Å². The summed E-state index contributed by atoms with van der Waals surface area (Å²) in [6, 6.07) is 6.05. The van der Waals surface area contributed by atoms with Gasteiger partial charge >= 0.3 is 5.97 Å². The van der Waals surface area contributed by atoms with E-state index in [1.54, 1.807) is 6.92 Å². The molecule has 0 aliphatic heterocycles. The molecule has 3 heteroatoms. The summed E-state index contributed by atoms with van der Waals surface area (Å²) >= 11 is 3.44. The van der Waals surface area contributed by atoms with E-state index >= 15 is 0 Å². The van der Waals surface area contributed by atoms with Crippen molar-refractivity contribution >= 4 is 27.5 Å². The zero-order valence-corrected chi connectivity index (χ0v) is 10.6. The second-order valence-electron chi connectivity index (χ2n) is 4.06. The van der Waals surface area contributed by atoms with Crippen molar-refractivity contribution in [1.29, 1.82) is 0 Å². The molecule has 1 unspecified atom stereocenters. The van der Waals surface area contributed by atoms with Crippen LogP contribution in [0.2, 0.25) is 0 Å². The fraction of sp³-hybridized carbons (Fsp3) is 0.308. The Morgan fingerprint density at radius 2 is 2.25 bits per heavy atom. The van der Waals surface area contributed by atoms with Gasteiger partial charge in [-0.1, -0.05) is 28.1 Å². The molecule has 1 aromatic rings. The third kappa shape index (κ3) is 2.05. The molecule has 1 aromatic carbocycles. The average Bonchev–Trinajstić information content (AvgIpc) is 2.26. The minimum absolute atomic E-state index is 0.430. The smallest absolute Gasteiger partial charge is 0.310 e. The lowest BCUT2D eigenvalue weighted by atomic mass is 9.84. The van der Waals surface area contributed by atoms with Crippen molar-refractivity contribution in [2.75, 3.05) is 0 Å². The number of aryl methyl sites for hydroxylation is 1. The third-order valence-electron chi connectivity index (χ3n) is 2.99. The van der Waals surface area contributed by atoms with Crippen LogP contribution in [0, 0.1) is 5.92 Å². The molecule has 0 fully saturated rings.